The second-order valence-electron chi connectivity index (χ2n) is 4.12. The van der Waals surface area contributed by atoms with Crippen LogP contribution in [0.3, 0.4) is 0 Å². The maximum atomic E-state index is 9.11. The lowest BCUT2D eigenvalue weighted by Gasteiger charge is -2.11. The van der Waals surface area contributed by atoms with E-state index >= 15 is 0 Å². The predicted molar refractivity (Wildman–Crippen MR) is 59.6 cm³/mol. The topological polar surface area (TPSA) is 32.8 Å². The number of epoxide rings is 1. The average Bonchev–Trinajstić information content (AvgIpc) is 2.95. The average molecular weight is 206 g/mol. The standard InChI is InChI=1S/C13H18O2/c1-2-6-12-13(15-12,9-10-14)11-7-4-3-5-8-11/h3-5,7-8,12,14H,2,6,9-10H2,1H3. The van der Waals surface area contributed by atoms with Crippen molar-refractivity contribution in [1.82, 2.24) is 0 Å². The van der Waals surface area contributed by atoms with E-state index < -0.39 is 0 Å². The SMILES string of the molecule is CCCC1OC1(CCO)c1ccccc1. The Hall–Kier alpha value is -0.860. The Morgan fingerprint density at radius 2 is 2.07 bits per heavy atom. The molecule has 1 aromatic rings. The molecule has 0 radical (unpaired) electrons. The number of ether oxygens (including phenoxy) is 1. The zero-order valence-electron chi connectivity index (χ0n) is 9.15. The third-order valence-corrected chi connectivity index (χ3v) is 3.11. The van der Waals surface area contributed by atoms with E-state index in [1.54, 1.807) is 0 Å². The Labute approximate surface area is 90.9 Å². The molecule has 2 nitrogen and oxygen atoms in total. The first-order valence-electron chi connectivity index (χ1n) is 5.67. The summed E-state index contributed by atoms with van der Waals surface area (Å²) in [5.74, 6) is 0. The van der Waals surface area contributed by atoms with Gasteiger partial charge in [-0.2, -0.15) is 0 Å². The molecule has 0 saturated carbocycles. The second kappa shape index (κ2) is 4.33. The van der Waals surface area contributed by atoms with Crippen LogP contribution >= 0.6 is 0 Å². The van der Waals surface area contributed by atoms with Gasteiger partial charge in [0.15, 0.2) is 0 Å². The van der Waals surface area contributed by atoms with Gasteiger partial charge in [-0.05, 0) is 12.0 Å². The molecule has 1 aliphatic rings. The van der Waals surface area contributed by atoms with Crippen molar-refractivity contribution in [3.8, 4) is 0 Å². The minimum atomic E-state index is -0.188. The number of rotatable bonds is 5. The number of aliphatic hydroxyl groups is 1. The van der Waals surface area contributed by atoms with Crippen LogP contribution in [0.4, 0.5) is 0 Å². The van der Waals surface area contributed by atoms with E-state index in [1.807, 2.05) is 18.2 Å². The largest absolute Gasteiger partial charge is 0.396 e. The molecule has 15 heavy (non-hydrogen) atoms. The zero-order chi connectivity index (χ0) is 10.7. The van der Waals surface area contributed by atoms with E-state index in [1.165, 1.54) is 5.56 Å². The summed E-state index contributed by atoms with van der Waals surface area (Å²) in [5.41, 5.74) is 1.02. The summed E-state index contributed by atoms with van der Waals surface area (Å²) in [6.07, 6.45) is 3.22. The summed E-state index contributed by atoms with van der Waals surface area (Å²) in [6, 6.07) is 10.2. The molecule has 1 aromatic carbocycles. The van der Waals surface area contributed by atoms with Gasteiger partial charge in [-0.1, -0.05) is 43.7 Å². The van der Waals surface area contributed by atoms with Gasteiger partial charge in [0, 0.05) is 13.0 Å². The van der Waals surface area contributed by atoms with Crippen molar-refractivity contribution in [2.45, 2.75) is 37.9 Å². The summed E-state index contributed by atoms with van der Waals surface area (Å²) in [7, 11) is 0. The molecule has 1 fully saturated rings. The first-order valence-corrected chi connectivity index (χ1v) is 5.67. The van der Waals surface area contributed by atoms with Crippen molar-refractivity contribution in [2.75, 3.05) is 6.61 Å². The second-order valence-corrected chi connectivity index (χ2v) is 4.12. The molecule has 2 atom stereocenters. The van der Waals surface area contributed by atoms with Crippen LogP contribution in [-0.2, 0) is 10.3 Å². The molecule has 0 spiro atoms. The Bertz CT molecular complexity index is 310. The van der Waals surface area contributed by atoms with Crippen LogP contribution in [0.15, 0.2) is 30.3 Å². The maximum Gasteiger partial charge on any atom is 0.122 e. The Kier molecular flexibility index (Phi) is 3.08. The molecule has 0 amide bonds. The summed E-state index contributed by atoms with van der Waals surface area (Å²) < 4.78 is 5.81. The minimum Gasteiger partial charge on any atom is -0.396 e. The zero-order valence-corrected chi connectivity index (χ0v) is 9.15. The molecule has 1 N–H and O–H groups in total. The molecule has 0 aliphatic carbocycles. The Morgan fingerprint density at radius 3 is 2.67 bits per heavy atom. The molecule has 2 rings (SSSR count). The highest BCUT2D eigenvalue weighted by molar-refractivity contribution is 5.29. The third-order valence-electron chi connectivity index (χ3n) is 3.11. The van der Waals surface area contributed by atoms with Crippen LogP contribution in [0.5, 0.6) is 0 Å². The first-order chi connectivity index (χ1) is 7.33. The molecule has 0 bridgehead atoms. The lowest BCUT2D eigenvalue weighted by molar-refractivity contribution is 0.213. The molecule has 1 aliphatic heterocycles. The van der Waals surface area contributed by atoms with Gasteiger partial charge in [0.2, 0.25) is 0 Å². The van der Waals surface area contributed by atoms with E-state index in [4.69, 9.17) is 9.84 Å². The number of aliphatic hydroxyl groups excluding tert-OH is 1. The van der Waals surface area contributed by atoms with E-state index in [2.05, 4.69) is 19.1 Å². The van der Waals surface area contributed by atoms with Gasteiger partial charge in [0.25, 0.3) is 0 Å². The fourth-order valence-electron chi connectivity index (χ4n) is 2.28. The smallest absolute Gasteiger partial charge is 0.122 e. The van der Waals surface area contributed by atoms with E-state index in [0.717, 1.165) is 12.8 Å². The number of hydrogen-bond acceptors (Lipinski definition) is 2. The van der Waals surface area contributed by atoms with Crippen LogP contribution in [0.1, 0.15) is 31.7 Å². The van der Waals surface area contributed by atoms with Gasteiger partial charge < -0.3 is 9.84 Å². The summed E-state index contributed by atoms with van der Waals surface area (Å²) in [6.45, 7) is 2.35. The third kappa shape index (κ3) is 1.92. The molecule has 2 unspecified atom stereocenters. The van der Waals surface area contributed by atoms with Crippen LogP contribution < -0.4 is 0 Å². The summed E-state index contributed by atoms with van der Waals surface area (Å²) >= 11 is 0. The van der Waals surface area contributed by atoms with Crippen molar-refractivity contribution in [1.29, 1.82) is 0 Å². The van der Waals surface area contributed by atoms with Gasteiger partial charge in [-0.25, -0.2) is 0 Å². The molecular weight excluding hydrogens is 188 g/mol. The van der Waals surface area contributed by atoms with Crippen LogP contribution in [-0.4, -0.2) is 17.8 Å². The van der Waals surface area contributed by atoms with Crippen molar-refractivity contribution in [3.63, 3.8) is 0 Å². The Balaban J connectivity index is 2.16. The van der Waals surface area contributed by atoms with Crippen LogP contribution in [0.25, 0.3) is 0 Å². The lowest BCUT2D eigenvalue weighted by Crippen LogP contribution is -2.14. The Morgan fingerprint density at radius 1 is 1.33 bits per heavy atom. The first kappa shape index (κ1) is 10.7. The van der Waals surface area contributed by atoms with Crippen molar-refractivity contribution in [2.24, 2.45) is 0 Å². The highest BCUT2D eigenvalue weighted by Crippen LogP contribution is 2.50. The maximum absolute atomic E-state index is 9.11. The summed E-state index contributed by atoms with van der Waals surface area (Å²) in [5, 5.41) is 9.11. The quantitative estimate of drug-likeness (QED) is 0.751. The number of hydrogen-bond donors (Lipinski definition) is 1. The fourth-order valence-corrected chi connectivity index (χ4v) is 2.28. The highest BCUT2D eigenvalue weighted by atomic mass is 16.6. The van der Waals surface area contributed by atoms with Crippen molar-refractivity contribution >= 4 is 0 Å². The molecular formula is C13H18O2. The highest BCUT2D eigenvalue weighted by Gasteiger charge is 2.55. The number of benzene rings is 1. The normalized spacial score (nSPS) is 29.1. The van der Waals surface area contributed by atoms with Crippen molar-refractivity contribution in [3.05, 3.63) is 35.9 Å². The van der Waals surface area contributed by atoms with Gasteiger partial charge >= 0.3 is 0 Å². The van der Waals surface area contributed by atoms with Crippen LogP contribution in [0, 0.1) is 0 Å². The molecule has 0 aromatic heterocycles. The predicted octanol–water partition coefficient (Wildman–Crippen LogP) is 2.46. The molecule has 1 heterocycles. The van der Waals surface area contributed by atoms with Crippen molar-refractivity contribution < 1.29 is 9.84 Å². The van der Waals surface area contributed by atoms with E-state index in [9.17, 15) is 0 Å². The molecule has 2 heteroatoms. The van der Waals surface area contributed by atoms with Gasteiger partial charge in [0.1, 0.15) is 5.60 Å². The molecule has 82 valence electrons. The van der Waals surface area contributed by atoms with Gasteiger partial charge in [-0.15, -0.1) is 0 Å². The van der Waals surface area contributed by atoms with Gasteiger partial charge in [-0.3, -0.25) is 0 Å². The fraction of sp³-hybridized carbons (Fsp3) is 0.538. The van der Waals surface area contributed by atoms with E-state index in [-0.39, 0.29) is 12.2 Å². The minimum absolute atomic E-state index is 0.188. The summed E-state index contributed by atoms with van der Waals surface area (Å²) in [4.78, 5) is 0. The van der Waals surface area contributed by atoms with Crippen LogP contribution in [0.2, 0.25) is 0 Å². The van der Waals surface area contributed by atoms with E-state index in [0.29, 0.717) is 12.5 Å². The molecule has 1 saturated heterocycles. The monoisotopic (exact) mass is 206 g/mol. The lowest BCUT2D eigenvalue weighted by atomic mass is 9.90. The van der Waals surface area contributed by atoms with Gasteiger partial charge in [0.05, 0.1) is 6.10 Å².